The summed E-state index contributed by atoms with van der Waals surface area (Å²) in [5, 5.41) is 12.1. The third-order valence-electron chi connectivity index (χ3n) is 2.36. The van der Waals surface area contributed by atoms with Crippen LogP contribution in [-0.4, -0.2) is 28.4 Å². The van der Waals surface area contributed by atoms with Crippen molar-refractivity contribution in [3.8, 4) is 0 Å². The molecule has 0 saturated heterocycles. The van der Waals surface area contributed by atoms with Gasteiger partial charge in [0.25, 0.3) is 5.72 Å². The number of anilines is 1. The van der Waals surface area contributed by atoms with Gasteiger partial charge in [-0.25, -0.2) is 4.79 Å². The molecule has 5 heteroatoms. The minimum absolute atomic E-state index is 0.310. The van der Waals surface area contributed by atoms with Crippen molar-refractivity contribution in [2.24, 2.45) is 0 Å². The van der Waals surface area contributed by atoms with Crippen LogP contribution in [0.5, 0.6) is 0 Å². The normalized spacial score (nSPS) is 22.3. The number of hydrogen-bond acceptors (Lipinski definition) is 4. The molecule has 0 aromatic carbocycles. The van der Waals surface area contributed by atoms with Crippen LogP contribution in [0.1, 0.15) is 12.5 Å². The lowest BCUT2D eigenvalue weighted by molar-refractivity contribution is -0.155. The quantitative estimate of drug-likeness (QED) is 0.804. The third-order valence-corrected chi connectivity index (χ3v) is 2.36. The van der Waals surface area contributed by atoms with Crippen LogP contribution in [-0.2, 0) is 9.53 Å². The molecule has 2 rings (SSSR count). The molecule has 0 aliphatic carbocycles. The van der Waals surface area contributed by atoms with Gasteiger partial charge >= 0.3 is 5.97 Å². The Balaban J connectivity index is 2.39. The number of carbonyl (C=O) groups is 1. The zero-order valence-corrected chi connectivity index (χ0v) is 8.80. The maximum Gasteiger partial charge on any atom is 0.361 e. The second-order valence-electron chi connectivity index (χ2n) is 3.40. The summed E-state index contributed by atoms with van der Waals surface area (Å²) >= 11 is 0. The molecule has 1 unspecified atom stereocenters. The van der Waals surface area contributed by atoms with Gasteiger partial charge in [-0.05, 0) is 25.1 Å². The fourth-order valence-electron chi connectivity index (χ4n) is 1.60. The molecular weight excluding hydrogens is 208 g/mol. The molecule has 1 aromatic rings. The van der Waals surface area contributed by atoms with E-state index in [1.54, 1.807) is 31.5 Å². The monoisotopic (exact) mass is 220 g/mol. The van der Waals surface area contributed by atoms with Crippen molar-refractivity contribution >= 4 is 17.7 Å². The molecule has 84 valence electrons. The summed E-state index contributed by atoms with van der Waals surface area (Å²) < 4.78 is 5.27. The minimum Gasteiger partial charge on any atom is -0.477 e. The van der Waals surface area contributed by atoms with E-state index in [-0.39, 0.29) is 0 Å². The number of rotatable bonds is 3. The first-order valence-corrected chi connectivity index (χ1v) is 4.97. The number of pyridine rings is 1. The molecule has 0 fully saturated rings. The topological polar surface area (TPSA) is 71.5 Å². The van der Waals surface area contributed by atoms with Crippen molar-refractivity contribution in [3.05, 3.63) is 30.1 Å². The van der Waals surface area contributed by atoms with Crippen molar-refractivity contribution < 1.29 is 14.6 Å². The molecule has 2 heterocycles. The van der Waals surface area contributed by atoms with Crippen molar-refractivity contribution in [1.82, 2.24) is 4.98 Å². The van der Waals surface area contributed by atoms with E-state index >= 15 is 0 Å². The average molecular weight is 220 g/mol. The molecule has 1 aliphatic heterocycles. The second-order valence-corrected chi connectivity index (χ2v) is 3.40. The SMILES string of the molecule is CCOC1(C(=O)O)C=Cc2cnccc2N1. The molecular formula is C11H12N2O3. The van der Waals surface area contributed by atoms with Crippen LogP contribution in [0.4, 0.5) is 5.69 Å². The number of carboxylic acids is 1. The summed E-state index contributed by atoms with van der Waals surface area (Å²) in [7, 11) is 0. The number of nitrogens with zero attached hydrogens (tertiary/aromatic N) is 1. The molecule has 5 nitrogen and oxygen atoms in total. The Labute approximate surface area is 92.8 Å². The predicted octanol–water partition coefficient (Wildman–Crippen LogP) is 1.34. The van der Waals surface area contributed by atoms with E-state index in [1.807, 2.05) is 0 Å². The summed E-state index contributed by atoms with van der Waals surface area (Å²) in [5.74, 6) is -1.06. The lowest BCUT2D eigenvalue weighted by Crippen LogP contribution is -2.48. The van der Waals surface area contributed by atoms with Gasteiger partial charge in [-0.3, -0.25) is 4.98 Å². The smallest absolute Gasteiger partial charge is 0.361 e. The van der Waals surface area contributed by atoms with Gasteiger partial charge in [0.1, 0.15) is 0 Å². The van der Waals surface area contributed by atoms with Crippen LogP contribution in [0.25, 0.3) is 6.08 Å². The van der Waals surface area contributed by atoms with Gasteiger partial charge in [-0.1, -0.05) is 0 Å². The first kappa shape index (κ1) is 10.6. The number of hydrogen-bond donors (Lipinski definition) is 2. The summed E-state index contributed by atoms with van der Waals surface area (Å²) in [6, 6.07) is 1.72. The standard InChI is InChI=1S/C11H12N2O3/c1-2-16-11(10(14)15)5-3-8-7-12-6-4-9(8)13-11/h3-7,13H,2H2,1H3,(H,14,15). The van der Waals surface area contributed by atoms with Gasteiger partial charge < -0.3 is 15.2 Å². The Hall–Kier alpha value is -1.88. The van der Waals surface area contributed by atoms with E-state index in [1.165, 1.54) is 6.08 Å². The highest BCUT2D eigenvalue weighted by molar-refractivity contribution is 5.88. The zero-order chi connectivity index (χ0) is 11.6. The van der Waals surface area contributed by atoms with Crippen LogP contribution in [0.3, 0.4) is 0 Å². The molecule has 1 aliphatic rings. The molecule has 2 N–H and O–H groups in total. The largest absolute Gasteiger partial charge is 0.477 e. The number of aromatic nitrogens is 1. The molecule has 0 amide bonds. The lowest BCUT2D eigenvalue weighted by atomic mass is 10.0. The molecule has 0 spiro atoms. The fourth-order valence-corrected chi connectivity index (χ4v) is 1.60. The highest BCUT2D eigenvalue weighted by atomic mass is 16.5. The van der Waals surface area contributed by atoms with E-state index in [9.17, 15) is 9.90 Å². The number of ether oxygens (including phenoxy) is 1. The van der Waals surface area contributed by atoms with Gasteiger partial charge in [-0.2, -0.15) is 0 Å². The average Bonchev–Trinajstić information content (AvgIpc) is 2.29. The Morgan fingerprint density at radius 3 is 3.19 bits per heavy atom. The molecule has 16 heavy (non-hydrogen) atoms. The number of aliphatic carboxylic acids is 1. The highest BCUT2D eigenvalue weighted by Gasteiger charge is 2.39. The lowest BCUT2D eigenvalue weighted by Gasteiger charge is -2.31. The van der Waals surface area contributed by atoms with Gasteiger partial charge in [0, 0.05) is 30.3 Å². The first-order valence-electron chi connectivity index (χ1n) is 4.97. The Morgan fingerprint density at radius 2 is 2.50 bits per heavy atom. The summed E-state index contributed by atoms with van der Waals surface area (Å²) in [6.07, 6.45) is 6.45. The Morgan fingerprint density at radius 1 is 1.69 bits per heavy atom. The minimum atomic E-state index is -1.47. The fraction of sp³-hybridized carbons (Fsp3) is 0.273. The van der Waals surface area contributed by atoms with Gasteiger partial charge in [0.05, 0.1) is 0 Å². The highest BCUT2D eigenvalue weighted by Crippen LogP contribution is 2.28. The van der Waals surface area contributed by atoms with E-state index in [4.69, 9.17) is 4.74 Å². The van der Waals surface area contributed by atoms with Gasteiger partial charge in [0.15, 0.2) is 0 Å². The van der Waals surface area contributed by atoms with Crippen LogP contribution < -0.4 is 5.32 Å². The molecule has 1 aromatic heterocycles. The van der Waals surface area contributed by atoms with Crippen LogP contribution >= 0.6 is 0 Å². The van der Waals surface area contributed by atoms with Gasteiger partial charge in [-0.15, -0.1) is 0 Å². The van der Waals surface area contributed by atoms with E-state index < -0.39 is 11.7 Å². The maximum atomic E-state index is 11.2. The molecule has 0 saturated carbocycles. The van der Waals surface area contributed by atoms with Crippen LogP contribution in [0.15, 0.2) is 24.5 Å². The second kappa shape index (κ2) is 3.94. The van der Waals surface area contributed by atoms with Crippen molar-refractivity contribution in [3.63, 3.8) is 0 Å². The number of nitrogens with one attached hydrogen (secondary N) is 1. The molecule has 0 radical (unpaired) electrons. The van der Waals surface area contributed by atoms with E-state index in [2.05, 4.69) is 10.3 Å². The van der Waals surface area contributed by atoms with Crippen LogP contribution in [0.2, 0.25) is 0 Å². The maximum absolute atomic E-state index is 11.2. The van der Waals surface area contributed by atoms with E-state index in [0.717, 1.165) is 5.56 Å². The zero-order valence-electron chi connectivity index (χ0n) is 8.80. The first-order chi connectivity index (χ1) is 7.68. The Kier molecular flexibility index (Phi) is 2.62. The van der Waals surface area contributed by atoms with Crippen molar-refractivity contribution in [2.45, 2.75) is 12.6 Å². The predicted molar refractivity (Wildman–Crippen MR) is 58.9 cm³/mol. The van der Waals surface area contributed by atoms with Crippen LogP contribution in [0, 0.1) is 0 Å². The molecule has 1 atom stereocenters. The Bertz CT molecular complexity index is 445. The third kappa shape index (κ3) is 1.65. The van der Waals surface area contributed by atoms with E-state index in [0.29, 0.717) is 12.3 Å². The summed E-state index contributed by atoms with van der Waals surface area (Å²) in [4.78, 5) is 15.2. The number of carboxylic acid groups (broad SMARTS) is 1. The summed E-state index contributed by atoms with van der Waals surface area (Å²) in [5.41, 5.74) is 0.0794. The summed E-state index contributed by atoms with van der Waals surface area (Å²) in [6.45, 7) is 2.06. The van der Waals surface area contributed by atoms with Crippen molar-refractivity contribution in [1.29, 1.82) is 0 Å². The van der Waals surface area contributed by atoms with Crippen molar-refractivity contribution in [2.75, 3.05) is 11.9 Å². The molecule has 0 bridgehead atoms. The number of fused-ring (bicyclic) bond motifs is 1. The van der Waals surface area contributed by atoms with Gasteiger partial charge in [0.2, 0.25) is 0 Å².